The third-order valence-corrected chi connectivity index (χ3v) is 2.43. The van der Waals surface area contributed by atoms with Crippen LogP contribution in [-0.4, -0.2) is 10.1 Å². The molecular weight excluding hydrogens is 202 g/mol. The lowest BCUT2D eigenvalue weighted by atomic mass is 10.2. The van der Waals surface area contributed by atoms with Gasteiger partial charge in [-0.05, 0) is 18.2 Å². The van der Waals surface area contributed by atoms with Gasteiger partial charge in [-0.25, -0.2) is 0 Å². The molecule has 0 saturated heterocycles. The van der Waals surface area contributed by atoms with Crippen molar-refractivity contribution in [2.75, 3.05) is 0 Å². The molecule has 0 bridgehead atoms. The molecule has 0 unspecified atom stereocenters. The van der Waals surface area contributed by atoms with Gasteiger partial charge in [-0.3, -0.25) is 4.98 Å². The Balaban J connectivity index is 2.19. The van der Waals surface area contributed by atoms with Gasteiger partial charge in [0.05, 0.1) is 6.20 Å². The Bertz CT molecular complexity index is 610. The highest BCUT2D eigenvalue weighted by Gasteiger charge is 2.06. The lowest BCUT2D eigenvalue weighted by Gasteiger charge is -1.95. The first-order valence-electron chi connectivity index (χ1n) is 4.96. The fourth-order valence-corrected chi connectivity index (χ4v) is 1.69. The van der Waals surface area contributed by atoms with Crippen molar-refractivity contribution in [3.63, 3.8) is 0 Å². The fourth-order valence-electron chi connectivity index (χ4n) is 1.69. The van der Waals surface area contributed by atoms with E-state index < -0.39 is 0 Å². The molecule has 3 aromatic rings. The molecule has 3 rings (SSSR count). The van der Waals surface area contributed by atoms with E-state index in [-0.39, 0.29) is 5.75 Å². The van der Waals surface area contributed by atoms with Gasteiger partial charge in [0, 0.05) is 17.1 Å². The number of nitrogens with zero attached hydrogens (tertiary/aromatic N) is 1. The van der Waals surface area contributed by atoms with E-state index in [9.17, 15) is 5.11 Å². The average molecular weight is 211 g/mol. The predicted molar refractivity (Wildman–Crippen MR) is 61.1 cm³/mol. The second-order valence-electron chi connectivity index (χ2n) is 3.58. The van der Waals surface area contributed by atoms with Crippen molar-refractivity contribution in [2.24, 2.45) is 0 Å². The first kappa shape index (κ1) is 8.97. The van der Waals surface area contributed by atoms with Crippen LogP contribution < -0.4 is 0 Å². The number of rotatable bonds is 1. The number of pyridine rings is 1. The van der Waals surface area contributed by atoms with Crippen molar-refractivity contribution >= 4 is 11.0 Å². The maximum absolute atomic E-state index is 9.35. The number of furan rings is 1. The Kier molecular flexibility index (Phi) is 1.90. The van der Waals surface area contributed by atoms with Gasteiger partial charge in [-0.15, -0.1) is 0 Å². The zero-order valence-corrected chi connectivity index (χ0v) is 8.42. The third kappa shape index (κ3) is 1.42. The van der Waals surface area contributed by atoms with Crippen LogP contribution in [-0.2, 0) is 0 Å². The predicted octanol–water partition coefficient (Wildman–Crippen LogP) is 3.20. The minimum atomic E-state index is 0.137. The highest BCUT2D eigenvalue weighted by molar-refractivity contribution is 5.82. The molecule has 0 atom stereocenters. The van der Waals surface area contributed by atoms with Gasteiger partial charge in [-0.2, -0.15) is 0 Å². The zero-order chi connectivity index (χ0) is 11.0. The molecule has 1 N–H and O–H groups in total. The van der Waals surface area contributed by atoms with E-state index in [4.69, 9.17) is 4.42 Å². The summed E-state index contributed by atoms with van der Waals surface area (Å²) in [6.07, 6.45) is 3.06. The van der Waals surface area contributed by atoms with Crippen LogP contribution in [0.2, 0.25) is 0 Å². The van der Waals surface area contributed by atoms with Gasteiger partial charge in [0.2, 0.25) is 0 Å². The molecular formula is C13H9NO2. The number of aromatic hydroxyl groups is 1. The Morgan fingerprint density at radius 2 is 1.94 bits per heavy atom. The molecule has 78 valence electrons. The standard InChI is InChI=1S/C13H9NO2/c15-11-5-10(7-14-8-11)13-6-9-3-1-2-4-12(9)16-13/h1-8,15H. The highest BCUT2D eigenvalue weighted by atomic mass is 16.3. The molecule has 3 heteroatoms. The van der Waals surface area contributed by atoms with Crippen molar-refractivity contribution in [1.82, 2.24) is 4.98 Å². The zero-order valence-electron chi connectivity index (χ0n) is 8.42. The molecule has 0 aliphatic carbocycles. The molecule has 0 saturated carbocycles. The van der Waals surface area contributed by atoms with E-state index in [1.165, 1.54) is 6.20 Å². The number of hydrogen-bond donors (Lipinski definition) is 1. The molecule has 1 aromatic carbocycles. The van der Waals surface area contributed by atoms with Crippen LogP contribution in [0, 0.1) is 0 Å². The molecule has 0 radical (unpaired) electrons. The number of hydrogen-bond acceptors (Lipinski definition) is 3. The van der Waals surface area contributed by atoms with Gasteiger partial charge in [0.1, 0.15) is 17.1 Å². The van der Waals surface area contributed by atoms with Gasteiger partial charge < -0.3 is 9.52 Å². The van der Waals surface area contributed by atoms with E-state index in [2.05, 4.69) is 4.98 Å². The highest BCUT2D eigenvalue weighted by Crippen LogP contribution is 2.28. The molecule has 0 aliphatic rings. The Morgan fingerprint density at radius 1 is 1.06 bits per heavy atom. The summed E-state index contributed by atoms with van der Waals surface area (Å²) in [7, 11) is 0. The first-order chi connectivity index (χ1) is 7.83. The molecule has 0 aliphatic heterocycles. The average Bonchev–Trinajstić information content (AvgIpc) is 2.72. The molecule has 16 heavy (non-hydrogen) atoms. The monoisotopic (exact) mass is 211 g/mol. The summed E-state index contributed by atoms with van der Waals surface area (Å²) in [6.45, 7) is 0. The Labute approximate surface area is 92.0 Å². The maximum Gasteiger partial charge on any atom is 0.137 e. The minimum Gasteiger partial charge on any atom is -0.506 e. The molecule has 3 nitrogen and oxygen atoms in total. The Hall–Kier alpha value is -2.29. The molecule has 0 amide bonds. The largest absolute Gasteiger partial charge is 0.506 e. The normalized spacial score (nSPS) is 10.8. The van der Waals surface area contributed by atoms with Crippen molar-refractivity contribution in [1.29, 1.82) is 0 Å². The summed E-state index contributed by atoms with van der Waals surface area (Å²) in [5, 5.41) is 10.4. The summed E-state index contributed by atoms with van der Waals surface area (Å²) >= 11 is 0. The SMILES string of the molecule is Oc1cncc(-c2cc3ccccc3o2)c1. The van der Waals surface area contributed by atoms with Crippen molar-refractivity contribution < 1.29 is 9.52 Å². The minimum absolute atomic E-state index is 0.137. The molecule has 2 aromatic heterocycles. The lowest BCUT2D eigenvalue weighted by molar-refractivity contribution is 0.472. The van der Waals surface area contributed by atoms with Crippen molar-refractivity contribution in [2.45, 2.75) is 0 Å². The summed E-state index contributed by atoms with van der Waals surface area (Å²) < 4.78 is 5.66. The number of fused-ring (bicyclic) bond motifs is 1. The number of aromatic nitrogens is 1. The first-order valence-corrected chi connectivity index (χ1v) is 4.96. The summed E-state index contributed by atoms with van der Waals surface area (Å²) in [4.78, 5) is 3.92. The summed E-state index contributed by atoms with van der Waals surface area (Å²) in [6, 6.07) is 11.3. The molecule has 0 spiro atoms. The van der Waals surface area contributed by atoms with Gasteiger partial charge in [0.25, 0.3) is 0 Å². The topological polar surface area (TPSA) is 46.3 Å². The van der Waals surface area contributed by atoms with Crippen LogP contribution >= 0.6 is 0 Å². The second kappa shape index (κ2) is 3.38. The van der Waals surface area contributed by atoms with Crippen LogP contribution in [0.3, 0.4) is 0 Å². The molecule has 2 heterocycles. The number of para-hydroxylation sites is 1. The van der Waals surface area contributed by atoms with Crippen LogP contribution in [0.5, 0.6) is 5.75 Å². The quantitative estimate of drug-likeness (QED) is 0.672. The van der Waals surface area contributed by atoms with Crippen molar-refractivity contribution in [3.8, 4) is 17.1 Å². The van der Waals surface area contributed by atoms with Gasteiger partial charge in [-0.1, -0.05) is 18.2 Å². The number of benzene rings is 1. The van der Waals surface area contributed by atoms with E-state index in [0.29, 0.717) is 5.76 Å². The van der Waals surface area contributed by atoms with Gasteiger partial charge in [0.15, 0.2) is 0 Å². The smallest absolute Gasteiger partial charge is 0.137 e. The van der Waals surface area contributed by atoms with Crippen LogP contribution in [0.4, 0.5) is 0 Å². The Morgan fingerprint density at radius 3 is 2.75 bits per heavy atom. The molecule has 0 fully saturated rings. The summed E-state index contributed by atoms with van der Waals surface area (Å²) in [5.74, 6) is 0.850. The summed E-state index contributed by atoms with van der Waals surface area (Å²) in [5.41, 5.74) is 1.61. The van der Waals surface area contributed by atoms with Crippen molar-refractivity contribution in [3.05, 3.63) is 48.8 Å². The second-order valence-corrected chi connectivity index (χ2v) is 3.58. The van der Waals surface area contributed by atoms with E-state index in [1.54, 1.807) is 12.3 Å². The van der Waals surface area contributed by atoms with Crippen LogP contribution in [0.1, 0.15) is 0 Å². The third-order valence-electron chi connectivity index (χ3n) is 2.43. The van der Waals surface area contributed by atoms with Crippen LogP contribution in [0.25, 0.3) is 22.3 Å². The van der Waals surface area contributed by atoms with Crippen LogP contribution in [0.15, 0.2) is 53.2 Å². The van der Waals surface area contributed by atoms with Gasteiger partial charge >= 0.3 is 0 Å². The van der Waals surface area contributed by atoms with E-state index in [0.717, 1.165) is 16.5 Å². The lowest BCUT2D eigenvalue weighted by Crippen LogP contribution is -1.76. The fraction of sp³-hybridized carbons (Fsp3) is 0. The maximum atomic E-state index is 9.35. The van der Waals surface area contributed by atoms with E-state index in [1.807, 2.05) is 30.3 Å². The van der Waals surface area contributed by atoms with E-state index >= 15 is 0 Å².